The Hall–Kier alpha value is -3.37. The van der Waals surface area contributed by atoms with Crippen molar-refractivity contribution in [1.82, 2.24) is 9.88 Å². The van der Waals surface area contributed by atoms with Crippen molar-refractivity contribution < 1.29 is 32.3 Å². The van der Waals surface area contributed by atoms with Gasteiger partial charge in [0, 0.05) is 25.2 Å². The van der Waals surface area contributed by atoms with Crippen molar-refractivity contribution in [2.24, 2.45) is 5.92 Å². The summed E-state index contributed by atoms with van der Waals surface area (Å²) in [6.45, 7) is 2.72. The molecule has 8 nitrogen and oxygen atoms in total. The van der Waals surface area contributed by atoms with E-state index in [4.69, 9.17) is 13.9 Å². The number of Topliss-reactive ketones (excluding diaryl/α,β-unsaturated/α-hetero) is 1. The number of oxazole rings is 1. The van der Waals surface area contributed by atoms with Gasteiger partial charge in [-0.25, -0.2) is 9.29 Å². The molecular weight excluding hydrogens is 508 g/mol. The second-order valence-electron chi connectivity index (χ2n) is 10.4. The van der Waals surface area contributed by atoms with Gasteiger partial charge in [0.2, 0.25) is 5.78 Å². The van der Waals surface area contributed by atoms with Gasteiger partial charge in [0.1, 0.15) is 11.3 Å². The summed E-state index contributed by atoms with van der Waals surface area (Å²) in [6, 6.07) is 9.65. The monoisotopic (exact) mass is 541 g/mol. The lowest BCUT2D eigenvalue weighted by Gasteiger charge is -2.37. The number of anilines is 2. The number of carbonyl (C=O) groups excluding carboxylic acids is 2. The summed E-state index contributed by atoms with van der Waals surface area (Å²) in [5.41, 5.74) is 2.89. The molecular formula is C29H33F2N3O5. The number of aryl methyl sites for hydroxylation is 1. The third kappa shape index (κ3) is 5.96. The van der Waals surface area contributed by atoms with Gasteiger partial charge >= 0.3 is 11.9 Å². The van der Waals surface area contributed by atoms with Crippen LogP contribution in [0, 0.1) is 18.7 Å². The van der Waals surface area contributed by atoms with E-state index in [9.17, 15) is 14.0 Å². The number of hydrogen-bond donors (Lipinski definition) is 1. The standard InChI is InChI=1S/C29H33F2N3O5/c1-18-5-9-21(30)17-24(18)33-28-32-23-12-6-19(15-25(23)38-28)16-26(35)29(31,34-13-3-4-14-34)39-22-10-7-20(8-11-22)27(36)37-2/h5-6,9,12,15,17,20,22H,3-4,7-8,10-11,13-14,16H2,1-2H3,(H,32,33). The minimum Gasteiger partial charge on any atom is -0.469 e. The fourth-order valence-electron chi connectivity index (χ4n) is 5.40. The van der Waals surface area contributed by atoms with Crippen molar-refractivity contribution in [3.8, 4) is 0 Å². The molecule has 2 aromatic carbocycles. The molecule has 2 heterocycles. The van der Waals surface area contributed by atoms with Gasteiger partial charge in [-0.3, -0.25) is 9.59 Å². The van der Waals surface area contributed by atoms with Gasteiger partial charge in [0.25, 0.3) is 6.01 Å². The van der Waals surface area contributed by atoms with E-state index < -0.39 is 17.9 Å². The molecule has 0 spiro atoms. The molecule has 1 aliphatic heterocycles. The van der Waals surface area contributed by atoms with Crippen LogP contribution in [0.15, 0.2) is 40.8 Å². The van der Waals surface area contributed by atoms with Crippen LogP contribution in [-0.4, -0.2) is 53.9 Å². The van der Waals surface area contributed by atoms with E-state index in [2.05, 4.69) is 10.3 Å². The number of esters is 1. The summed E-state index contributed by atoms with van der Waals surface area (Å²) in [5.74, 6) is -4.08. The Kier molecular flexibility index (Phi) is 7.95. The van der Waals surface area contributed by atoms with Crippen molar-refractivity contribution in [3.05, 3.63) is 53.3 Å². The zero-order valence-corrected chi connectivity index (χ0v) is 22.2. The summed E-state index contributed by atoms with van der Waals surface area (Å²) in [7, 11) is 1.36. The minimum atomic E-state index is -2.54. The molecule has 1 saturated heterocycles. The molecule has 208 valence electrons. The summed E-state index contributed by atoms with van der Waals surface area (Å²) in [4.78, 5) is 31.2. The molecule has 39 heavy (non-hydrogen) atoms. The predicted octanol–water partition coefficient (Wildman–Crippen LogP) is 5.60. The topological polar surface area (TPSA) is 93.9 Å². The van der Waals surface area contributed by atoms with Gasteiger partial charge in [0.15, 0.2) is 5.58 Å². The number of alkyl halides is 1. The van der Waals surface area contributed by atoms with E-state index in [0.717, 1.165) is 18.4 Å². The minimum absolute atomic E-state index is 0.185. The van der Waals surface area contributed by atoms with Crippen LogP contribution in [0.1, 0.15) is 49.7 Å². The molecule has 0 bridgehead atoms. The summed E-state index contributed by atoms with van der Waals surface area (Å²) >= 11 is 0. The molecule has 2 fully saturated rings. The number of likely N-dealkylation sites (tertiary alicyclic amines) is 1. The first kappa shape index (κ1) is 27.2. The van der Waals surface area contributed by atoms with Crippen LogP contribution in [-0.2, 0) is 25.5 Å². The van der Waals surface area contributed by atoms with Crippen molar-refractivity contribution >= 4 is 34.6 Å². The Balaban J connectivity index is 1.30. The van der Waals surface area contributed by atoms with E-state index in [-0.39, 0.29) is 30.1 Å². The zero-order chi connectivity index (χ0) is 27.6. The number of nitrogens with one attached hydrogen (secondary N) is 1. The number of carbonyl (C=O) groups is 2. The predicted molar refractivity (Wildman–Crippen MR) is 141 cm³/mol. The van der Waals surface area contributed by atoms with Crippen molar-refractivity contribution in [2.75, 3.05) is 25.5 Å². The molecule has 1 aliphatic carbocycles. The van der Waals surface area contributed by atoms with Gasteiger partial charge in [-0.1, -0.05) is 12.1 Å². The molecule has 0 radical (unpaired) electrons. The van der Waals surface area contributed by atoms with Crippen molar-refractivity contribution in [3.63, 3.8) is 0 Å². The fourth-order valence-corrected chi connectivity index (χ4v) is 5.40. The van der Waals surface area contributed by atoms with Crippen LogP contribution in [0.2, 0.25) is 0 Å². The number of hydrogen-bond acceptors (Lipinski definition) is 8. The zero-order valence-electron chi connectivity index (χ0n) is 22.2. The maximum Gasteiger partial charge on any atom is 0.330 e. The van der Waals surface area contributed by atoms with Gasteiger partial charge in [-0.05, 0) is 80.8 Å². The smallest absolute Gasteiger partial charge is 0.330 e. The number of halogens is 2. The molecule has 1 saturated carbocycles. The molecule has 5 rings (SSSR count). The Morgan fingerprint density at radius 3 is 2.59 bits per heavy atom. The number of benzene rings is 2. The number of aromatic nitrogens is 1. The summed E-state index contributed by atoms with van der Waals surface area (Å²) < 4.78 is 46.7. The lowest BCUT2D eigenvalue weighted by Crippen LogP contribution is -2.54. The Labute approximate surface area is 225 Å². The molecule has 2 aliphatic rings. The lowest BCUT2D eigenvalue weighted by atomic mass is 9.87. The largest absolute Gasteiger partial charge is 0.469 e. The number of ketones is 1. The Morgan fingerprint density at radius 1 is 1.13 bits per heavy atom. The van der Waals surface area contributed by atoms with Crippen molar-refractivity contribution in [1.29, 1.82) is 0 Å². The number of nitrogens with zero attached hydrogens (tertiary/aromatic N) is 2. The van der Waals surface area contributed by atoms with Crippen molar-refractivity contribution in [2.45, 2.75) is 64.0 Å². The SMILES string of the molecule is COC(=O)C1CCC(OC(F)(C(=O)Cc2ccc3nc(Nc4cc(F)ccc4C)oc3c2)N2CCCC2)CC1. The van der Waals surface area contributed by atoms with E-state index in [0.29, 0.717) is 61.1 Å². The average Bonchev–Trinajstić information content (AvgIpc) is 3.61. The molecule has 0 amide bonds. The van der Waals surface area contributed by atoms with Gasteiger partial charge < -0.3 is 19.2 Å². The number of methoxy groups -OCH3 is 1. The molecule has 3 aromatic rings. The van der Waals surface area contributed by atoms with Gasteiger partial charge in [-0.15, -0.1) is 0 Å². The van der Waals surface area contributed by atoms with Crippen LogP contribution >= 0.6 is 0 Å². The normalized spacial score (nSPS) is 21.5. The van der Waals surface area contributed by atoms with E-state index >= 15 is 4.39 Å². The number of ether oxygens (including phenoxy) is 2. The van der Waals surface area contributed by atoms with E-state index in [1.54, 1.807) is 24.3 Å². The van der Waals surface area contributed by atoms with Gasteiger partial charge in [-0.2, -0.15) is 9.37 Å². The van der Waals surface area contributed by atoms with Crippen LogP contribution in [0.3, 0.4) is 0 Å². The average molecular weight is 542 g/mol. The Morgan fingerprint density at radius 2 is 1.87 bits per heavy atom. The van der Waals surface area contributed by atoms with Crippen LogP contribution in [0.25, 0.3) is 11.1 Å². The maximum absolute atomic E-state index is 16.5. The van der Waals surface area contributed by atoms with Crippen LogP contribution in [0.5, 0.6) is 0 Å². The number of fused-ring (bicyclic) bond motifs is 1. The highest BCUT2D eigenvalue weighted by molar-refractivity contribution is 5.88. The highest BCUT2D eigenvalue weighted by Crippen LogP contribution is 2.35. The van der Waals surface area contributed by atoms with E-state index in [1.165, 1.54) is 24.1 Å². The summed E-state index contributed by atoms with van der Waals surface area (Å²) in [5, 5.41) is 2.98. The molecule has 1 N–H and O–H groups in total. The Bertz CT molecular complexity index is 1350. The fraction of sp³-hybridized carbons (Fsp3) is 0.483. The van der Waals surface area contributed by atoms with Gasteiger partial charge in [0.05, 0.1) is 19.1 Å². The first-order valence-electron chi connectivity index (χ1n) is 13.4. The second kappa shape index (κ2) is 11.4. The first-order valence-corrected chi connectivity index (χ1v) is 13.4. The first-order chi connectivity index (χ1) is 18.7. The molecule has 1 unspecified atom stereocenters. The highest BCUT2D eigenvalue weighted by atomic mass is 19.2. The highest BCUT2D eigenvalue weighted by Gasteiger charge is 2.48. The second-order valence-corrected chi connectivity index (χ2v) is 10.4. The molecule has 10 heteroatoms. The summed E-state index contributed by atoms with van der Waals surface area (Å²) in [6.07, 6.45) is 2.98. The molecule has 1 atom stereocenters. The quantitative estimate of drug-likeness (QED) is 0.277. The lowest BCUT2D eigenvalue weighted by molar-refractivity contribution is -0.252. The van der Waals surface area contributed by atoms with E-state index in [1.807, 2.05) is 6.92 Å². The number of rotatable bonds is 9. The van der Waals surface area contributed by atoms with Crippen LogP contribution in [0.4, 0.5) is 20.5 Å². The third-order valence-electron chi connectivity index (χ3n) is 7.65. The van der Waals surface area contributed by atoms with Crippen LogP contribution < -0.4 is 5.32 Å². The molecule has 1 aromatic heterocycles. The third-order valence-corrected chi connectivity index (χ3v) is 7.65. The maximum atomic E-state index is 16.5.